The molecule has 0 aromatic rings. The number of amides is 1. The zero-order valence-corrected chi connectivity index (χ0v) is 10.8. The third-order valence-corrected chi connectivity index (χ3v) is 4.61. The van der Waals surface area contributed by atoms with Gasteiger partial charge in [-0.05, 0) is 52.7 Å². The fourth-order valence-corrected chi connectivity index (χ4v) is 3.00. The molecule has 2 rings (SSSR count). The quantitative estimate of drug-likeness (QED) is 0.713. The molecule has 92 valence electrons. The molecule has 0 saturated carbocycles. The number of piperidine rings is 1. The molecule has 0 N–H and O–H groups in total. The van der Waals surface area contributed by atoms with Gasteiger partial charge in [-0.1, -0.05) is 6.92 Å². The molecule has 3 heteroatoms. The van der Waals surface area contributed by atoms with Crippen molar-refractivity contribution in [3.8, 4) is 0 Å². The molecule has 2 aliphatic heterocycles. The molecule has 0 radical (unpaired) electrons. The number of nitrogens with zero attached hydrogens (tertiary/aromatic N) is 2. The van der Waals surface area contributed by atoms with Gasteiger partial charge >= 0.3 is 0 Å². The average Bonchev–Trinajstić information content (AvgIpc) is 2.61. The van der Waals surface area contributed by atoms with Crippen LogP contribution in [0.3, 0.4) is 0 Å². The maximum absolute atomic E-state index is 12.5. The van der Waals surface area contributed by atoms with E-state index in [2.05, 4.69) is 30.7 Å². The Kier molecular flexibility index (Phi) is 3.24. The van der Waals surface area contributed by atoms with Crippen LogP contribution in [0.5, 0.6) is 0 Å². The molecule has 2 heterocycles. The van der Waals surface area contributed by atoms with Gasteiger partial charge in [-0.15, -0.1) is 0 Å². The Hall–Kier alpha value is -0.570. The maximum atomic E-state index is 12.5. The molecule has 0 aromatic heterocycles. The lowest BCUT2D eigenvalue weighted by Crippen LogP contribution is -2.45. The first-order chi connectivity index (χ1) is 7.59. The Morgan fingerprint density at radius 2 is 1.81 bits per heavy atom. The molecule has 0 aromatic carbocycles. The summed E-state index contributed by atoms with van der Waals surface area (Å²) in [6, 6.07) is 0.423. The third-order valence-electron chi connectivity index (χ3n) is 4.61. The molecular weight excluding hydrogens is 200 g/mol. The lowest BCUT2D eigenvalue weighted by molar-refractivity contribution is -0.139. The first-order valence-electron chi connectivity index (χ1n) is 6.59. The molecular formula is C13H24N2O. The number of carbonyl (C=O) groups is 1. The summed E-state index contributed by atoms with van der Waals surface area (Å²) in [7, 11) is 2.15. The average molecular weight is 224 g/mol. The van der Waals surface area contributed by atoms with E-state index in [1.807, 2.05) is 0 Å². The number of hydrogen-bond donors (Lipinski definition) is 0. The van der Waals surface area contributed by atoms with Crippen LogP contribution in [0, 0.1) is 5.41 Å². The summed E-state index contributed by atoms with van der Waals surface area (Å²) < 4.78 is 0. The van der Waals surface area contributed by atoms with Crippen molar-refractivity contribution < 1.29 is 4.79 Å². The van der Waals surface area contributed by atoms with E-state index in [0.717, 1.165) is 45.3 Å². The van der Waals surface area contributed by atoms with Crippen LogP contribution in [-0.2, 0) is 4.79 Å². The molecule has 1 atom stereocenters. The minimum Gasteiger partial charge on any atom is -0.339 e. The second kappa shape index (κ2) is 4.36. The van der Waals surface area contributed by atoms with Crippen LogP contribution in [0.2, 0.25) is 0 Å². The first kappa shape index (κ1) is 11.9. The Labute approximate surface area is 98.8 Å². The highest BCUT2D eigenvalue weighted by atomic mass is 16.2. The van der Waals surface area contributed by atoms with E-state index in [1.165, 1.54) is 0 Å². The molecule has 1 unspecified atom stereocenters. The minimum absolute atomic E-state index is 0.00986. The van der Waals surface area contributed by atoms with Gasteiger partial charge in [-0.25, -0.2) is 0 Å². The highest BCUT2D eigenvalue weighted by Gasteiger charge is 2.48. The molecule has 2 aliphatic rings. The van der Waals surface area contributed by atoms with Gasteiger partial charge in [0, 0.05) is 12.6 Å². The second-order valence-corrected chi connectivity index (χ2v) is 5.59. The second-order valence-electron chi connectivity index (χ2n) is 5.59. The van der Waals surface area contributed by atoms with E-state index in [0.29, 0.717) is 11.9 Å². The summed E-state index contributed by atoms with van der Waals surface area (Å²) in [5.41, 5.74) is 0.00986. The van der Waals surface area contributed by atoms with E-state index in [-0.39, 0.29) is 5.41 Å². The molecule has 2 saturated heterocycles. The highest BCUT2D eigenvalue weighted by molar-refractivity contribution is 5.85. The lowest BCUT2D eigenvalue weighted by atomic mass is 9.77. The van der Waals surface area contributed by atoms with Crippen molar-refractivity contribution in [2.24, 2.45) is 5.41 Å². The number of likely N-dealkylation sites (tertiary alicyclic amines) is 2. The van der Waals surface area contributed by atoms with Gasteiger partial charge < -0.3 is 9.80 Å². The zero-order chi connectivity index (χ0) is 11.8. The van der Waals surface area contributed by atoms with E-state index in [9.17, 15) is 4.79 Å². The molecule has 2 fully saturated rings. The zero-order valence-electron chi connectivity index (χ0n) is 10.8. The van der Waals surface area contributed by atoms with Gasteiger partial charge in [0.05, 0.1) is 5.41 Å². The summed E-state index contributed by atoms with van der Waals surface area (Å²) in [4.78, 5) is 17.0. The monoisotopic (exact) mass is 224 g/mol. The lowest BCUT2D eigenvalue weighted by Gasteiger charge is -2.36. The van der Waals surface area contributed by atoms with Crippen molar-refractivity contribution in [2.75, 3.05) is 26.7 Å². The Morgan fingerprint density at radius 1 is 1.25 bits per heavy atom. The van der Waals surface area contributed by atoms with Gasteiger partial charge in [0.2, 0.25) is 5.91 Å². The van der Waals surface area contributed by atoms with Gasteiger partial charge in [0.1, 0.15) is 0 Å². The standard InChI is InChI=1S/C13H24N2O/c1-4-11(2)15-10-7-13(12(15)16)5-8-14(3)9-6-13/h11H,4-10H2,1-3H3. The van der Waals surface area contributed by atoms with Crippen LogP contribution >= 0.6 is 0 Å². The number of rotatable bonds is 2. The van der Waals surface area contributed by atoms with E-state index >= 15 is 0 Å². The van der Waals surface area contributed by atoms with Crippen LogP contribution in [-0.4, -0.2) is 48.4 Å². The van der Waals surface area contributed by atoms with Crippen molar-refractivity contribution >= 4 is 5.91 Å². The fraction of sp³-hybridized carbons (Fsp3) is 0.923. The predicted molar refractivity (Wildman–Crippen MR) is 65.2 cm³/mol. The normalized spacial score (nSPS) is 27.7. The number of hydrogen-bond acceptors (Lipinski definition) is 2. The van der Waals surface area contributed by atoms with Gasteiger partial charge in [-0.2, -0.15) is 0 Å². The van der Waals surface area contributed by atoms with Crippen molar-refractivity contribution in [3.05, 3.63) is 0 Å². The molecule has 16 heavy (non-hydrogen) atoms. The predicted octanol–water partition coefficient (Wildman–Crippen LogP) is 1.73. The summed E-state index contributed by atoms with van der Waals surface area (Å²) in [6.07, 6.45) is 4.29. The maximum Gasteiger partial charge on any atom is 0.229 e. The van der Waals surface area contributed by atoms with Gasteiger partial charge in [0.25, 0.3) is 0 Å². The Bertz CT molecular complexity index is 269. The smallest absolute Gasteiger partial charge is 0.229 e. The third kappa shape index (κ3) is 1.86. The van der Waals surface area contributed by atoms with Gasteiger partial charge in [-0.3, -0.25) is 4.79 Å². The first-order valence-corrected chi connectivity index (χ1v) is 6.59. The van der Waals surface area contributed by atoms with Crippen molar-refractivity contribution in [3.63, 3.8) is 0 Å². The van der Waals surface area contributed by atoms with Crippen molar-refractivity contribution in [2.45, 2.75) is 45.6 Å². The van der Waals surface area contributed by atoms with Crippen molar-refractivity contribution in [1.29, 1.82) is 0 Å². The number of carbonyl (C=O) groups excluding carboxylic acids is 1. The molecule has 1 spiro atoms. The topological polar surface area (TPSA) is 23.6 Å². The van der Waals surface area contributed by atoms with E-state index < -0.39 is 0 Å². The van der Waals surface area contributed by atoms with Crippen molar-refractivity contribution in [1.82, 2.24) is 9.80 Å². The van der Waals surface area contributed by atoms with E-state index in [1.54, 1.807) is 0 Å². The molecule has 3 nitrogen and oxygen atoms in total. The van der Waals surface area contributed by atoms with Crippen LogP contribution in [0.15, 0.2) is 0 Å². The summed E-state index contributed by atoms with van der Waals surface area (Å²) >= 11 is 0. The van der Waals surface area contributed by atoms with Crippen LogP contribution in [0.1, 0.15) is 39.5 Å². The summed E-state index contributed by atoms with van der Waals surface area (Å²) in [6.45, 7) is 7.49. The van der Waals surface area contributed by atoms with Crippen LogP contribution in [0.4, 0.5) is 0 Å². The SMILES string of the molecule is CCC(C)N1CCC2(CCN(C)CC2)C1=O. The van der Waals surface area contributed by atoms with Crippen LogP contribution in [0.25, 0.3) is 0 Å². The molecule has 1 amide bonds. The molecule has 0 bridgehead atoms. The molecule has 0 aliphatic carbocycles. The van der Waals surface area contributed by atoms with Crippen LogP contribution < -0.4 is 0 Å². The minimum atomic E-state index is 0.00986. The summed E-state index contributed by atoms with van der Waals surface area (Å²) in [5.74, 6) is 0.440. The Balaban J connectivity index is 2.06. The summed E-state index contributed by atoms with van der Waals surface area (Å²) in [5, 5.41) is 0. The fourth-order valence-electron chi connectivity index (χ4n) is 3.00. The van der Waals surface area contributed by atoms with E-state index in [4.69, 9.17) is 0 Å². The highest BCUT2D eigenvalue weighted by Crippen LogP contribution is 2.42. The Morgan fingerprint density at radius 3 is 2.38 bits per heavy atom. The largest absolute Gasteiger partial charge is 0.339 e. The van der Waals surface area contributed by atoms with Gasteiger partial charge in [0.15, 0.2) is 0 Å².